The second kappa shape index (κ2) is 12.0. The van der Waals surface area contributed by atoms with Gasteiger partial charge < -0.3 is 14.4 Å². The summed E-state index contributed by atoms with van der Waals surface area (Å²) in [6.07, 6.45) is 2.32. The molecule has 1 unspecified atom stereocenters. The van der Waals surface area contributed by atoms with Gasteiger partial charge in [0.1, 0.15) is 18.2 Å². The molecule has 1 fully saturated rings. The van der Waals surface area contributed by atoms with Gasteiger partial charge in [0, 0.05) is 32.2 Å². The van der Waals surface area contributed by atoms with Gasteiger partial charge in [0.25, 0.3) is 11.8 Å². The zero-order chi connectivity index (χ0) is 27.2. The first-order valence-corrected chi connectivity index (χ1v) is 12.3. The second-order valence-corrected chi connectivity index (χ2v) is 9.99. The first-order valence-electron chi connectivity index (χ1n) is 12.3. The molecule has 37 heavy (non-hydrogen) atoms. The lowest BCUT2D eigenvalue weighted by molar-refractivity contribution is -0.136. The van der Waals surface area contributed by atoms with E-state index in [1.54, 1.807) is 24.1 Å². The van der Waals surface area contributed by atoms with Crippen molar-refractivity contribution < 1.29 is 33.4 Å². The third-order valence-electron chi connectivity index (χ3n) is 5.85. The van der Waals surface area contributed by atoms with Crippen LogP contribution >= 0.6 is 0 Å². The molecule has 1 saturated heterocycles. The van der Waals surface area contributed by atoms with Crippen LogP contribution in [-0.4, -0.2) is 78.0 Å². The minimum absolute atomic E-state index is 0.0637. The average molecular weight is 512 g/mol. The highest BCUT2D eigenvalue weighted by Gasteiger charge is 2.45. The van der Waals surface area contributed by atoms with E-state index >= 15 is 0 Å². The highest BCUT2D eigenvalue weighted by Crippen LogP contribution is 2.29. The molecule has 2 aliphatic heterocycles. The fraction of sp³-hybridized carbons (Fsp3) is 0.519. The number of carbonyl (C=O) groups is 5. The van der Waals surface area contributed by atoms with Crippen molar-refractivity contribution in [2.45, 2.75) is 64.5 Å². The second-order valence-electron chi connectivity index (χ2n) is 9.99. The van der Waals surface area contributed by atoms with Gasteiger partial charge in [0.15, 0.2) is 0 Å². The fourth-order valence-electron chi connectivity index (χ4n) is 4.03. The Labute approximate surface area is 216 Å². The molecule has 198 valence electrons. The first kappa shape index (κ1) is 27.9. The van der Waals surface area contributed by atoms with Crippen molar-refractivity contribution in [1.29, 1.82) is 0 Å². The number of hydrogen-bond donors (Lipinski definition) is 1. The van der Waals surface area contributed by atoms with Gasteiger partial charge >= 0.3 is 6.09 Å². The highest BCUT2D eigenvalue weighted by molar-refractivity contribution is 6.24. The van der Waals surface area contributed by atoms with Crippen LogP contribution in [0.15, 0.2) is 18.2 Å². The molecule has 0 spiro atoms. The summed E-state index contributed by atoms with van der Waals surface area (Å²) in [5, 5.41) is 2.18. The Hall–Kier alpha value is -3.71. The Bertz CT molecular complexity index is 1140. The number of nitrogens with zero attached hydrogens (tertiary/aromatic N) is 2. The van der Waals surface area contributed by atoms with Gasteiger partial charge in [-0.2, -0.15) is 0 Å². The molecule has 1 aromatic carbocycles. The van der Waals surface area contributed by atoms with E-state index < -0.39 is 35.3 Å². The van der Waals surface area contributed by atoms with E-state index in [1.807, 2.05) is 20.8 Å². The van der Waals surface area contributed by atoms with Crippen LogP contribution in [0.25, 0.3) is 0 Å². The molecule has 1 N–H and O–H groups in total. The lowest BCUT2D eigenvalue weighted by atomic mass is 10.0. The number of rotatable bonds is 8. The summed E-state index contributed by atoms with van der Waals surface area (Å²) < 4.78 is 10.9. The molecule has 10 heteroatoms. The molecular formula is C27H33N3O7. The molecule has 3 rings (SSSR count). The first-order chi connectivity index (χ1) is 17.5. The molecule has 0 bridgehead atoms. The van der Waals surface area contributed by atoms with Gasteiger partial charge in [0.05, 0.1) is 11.1 Å². The van der Waals surface area contributed by atoms with Crippen LogP contribution in [0.3, 0.4) is 0 Å². The number of nitrogens with one attached hydrogen (secondary N) is 1. The number of hydrogen-bond acceptors (Lipinski definition) is 7. The van der Waals surface area contributed by atoms with Crippen molar-refractivity contribution in [1.82, 2.24) is 15.1 Å². The maximum Gasteiger partial charge on any atom is 0.410 e. The number of imide groups is 2. The van der Waals surface area contributed by atoms with E-state index in [9.17, 15) is 24.0 Å². The van der Waals surface area contributed by atoms with Crippen molar-refractivity contribution in [3.63, 3.8) is 0 Å². The summed E-state index contributed by atoms with van der Waals surface area (Å²) in [7, 11) is 1.71. The zero-order valence-corrected chi connectivity index (χ0v) is 21.7. The summed E-state index contributed by atoms with van der Waals surface area (Å²) in [6, 6.07) is 3.80. The third kappa shape index (κ3) is 7.17. The molecule has 5 amide bonds. The molecule has 1 atom stereocenters. The maximum absolute atomic E-state index is 13.1. The maximum atomic E-state index is 13.1. The van der Waals surface area contributed by atoms with E-state index in [1.165, 1.54) is 6.07 Å². The lowest BCUT2D eigenvalue weighted by Gasteiger charge is -2.27. The molecule has 0 saturated carbocycles. The van der Waals surface area contributed by atoms with Gasteiger partial charge in [-0.3, -0.25) is 29.4 Å². The van der Waals surface area contributed by atoms with Crippen LogP contribution in [0.5, 0.6) is 0 Å². The van der Waals surface area contributed by atoms with Crippen LogP contribution < -0.4 is 5.32 Å². The van der Waals surface area contributed by atoms with Crippen LogP contribution in [0.1, 0.15) is 79.2 Å². The number of benzene rings is 1. The molecule has 0 aromatic heterocycles. The van der Waals surface area contributed by atoms with Crippen molar-refractivity contribution >= 4 is 29.7 Å². The van der Waals surface area contributed by atoms with E-state index in [0.717, 1.165) is 24.2 Å². The van der Waals surface area contributed by atoms with Crippen LogP contribution in [-0.2, 0) is 19.1 Å². The van der Waals surface area contributed by atoms with Gasteiger partial charge in [0.2, 0.25) is 11.8 Å². The molecule has 1 aromatic rings. The summed E-state index contributed by atoms with van der Waals surface area (Å²) >= 11 is 0. The van der Waals surface area contributed by atoms with Gasteiger partial charge in [-0.05, 0) is 58.6 Å². The van der Waals surface area contributed by atoms with E-state index in [2.05, 4.69) is 17.2 Å². The van der Waals surface area contributed by atoms with E-state index in [4.69, 9.17) is 9.47 Å². The SMILES string of the molecule is CN(CCCCCOCC#Cc1cccc2c1C(=O)N(C1CCC(=O)NC1=O)C2=O)C(=O)OC(C)(C)C. The fourth-order valence-corrected chi connectivity index (χ4v) is 4.03. The van der Waals surface area contributed by atoms with E-state index in [0.29, 0.717) is 18.7 Å². The quantitative estimate of drug-likeness (QED) is 0.323. The molecular weight excluding hydrogens is 478 g/mol. The summed E-state index contributed by atoms with van der Waals surface area (Å²) in [6.45, 7) is 6.74. The molecule has 0 radical (unpaired) electrons. The number of piperidine rings is 1. The van der Waals surface area contributed by atoms with Crippen molar-refractivity contribution in [2.75, 3.05) is 26.8 Å². The minimum atomic E-state index is -1.02. The minimum Gasteiger partial charge on any atom is -0.444 e. The average Bonchev–Trinajstić information content (AvgIpc) is 3.07. The van der Waals surface area contributed by atoms with Gasteiger partial charge in [-0.1, -0.05) is 17.9 Å². The van der Waals surface area contributed by atoms with Crippen LogP contribution in [0.4, 0.5) is 4.79 Å². The van der Waals surface area contributed by atoms with Crippen molar-refractivity contribution in [3.05, 3.63) is 34.9 Å². The molecule has 10 nitrogen and oxygen atoms in total. The number of ether oxygens (including phenoxy) is 2. The number of unbranched alkanes of at least 4 members (excludes halogenated alkanes) is 2. The topological polar surface area (TPSA) is 122 Å². The predicted octanol–water partition coefficient (Wildman–Crippen LogP) is 2.49. The Balaban J connectivity index is 1.45. The predicted molar refractivity (Wildman–Crippen MR) is 134 cm³/mol. The normalized spacial score (nSPS) is 17.2. The summed E-state index contributed by atoms with van der Waals surface area (Å²) in [5.74, 6) is 3.55. The molecule has 2 heterocycles. The largest absolute Gasteiger partial charge is 0.444 e. The zero-order valence-electron chi connectivity index (χ0n) is 21.7. The number of amides is 5. The Morgan fingerprint density at radius 3 is 2.59 bits per heavy atom. The number of fused-ring (bicyclic) bond motifs is 1. The van der Waals surface area contributed by atoms with Gasteiger partial charge in [-0.15, -0.1) is 0 Å². The third-order valence-corrected chi connectivity index (χ3v) is 5.85. The molecule has 0 aliphatic carbocycles. The highest BCUT2D eigenvalue weighted by atomic mass is 16.6. The lowest BCUT2D eigenvalue weighted by Crippen LogP contribution is -2.54. The Kier molecular flexibility index (Phi) is 9.05. The van der Waals surface area contributed by atoms with Crippen molar-refractivity contribution in [2.24, 2.45) is 0 Å². The smallest absolute Gasteiger partial charge is 0.410 e. The van der Waals surface area contributed by atoms with E-state index in [-0.39, 0.29) is 36.7 Å². The Morgan fingerprint density at radius 1 is 1.14 bits per heavy atom. The Morgan fingerprint density at radius 2 is 1.89 bits per heavy atom. The monoisotopic (exact) mass is 511 g/mol. The molecule has 2 aliphatic rings. The summed E-state index contributed by atoms with van der Waals surface area (Å²) in [5.41, 5.74) is 0.229. The standard InChI is InChI=1S/C27H33N3O7/c1-27(2,3)37-26(35)29(4)15-6-5-7-16-36-17-9-11-18-10-8-12-19-22(18)25(34)30(24(19)33)20-13-14-21(31)28-23(20)32/h8,10,12,20H,5-7,13-17H2,1-4H3,(H,28,31,32). The van der Waals surface area contributed by atoms with Crippen LogP contribution in [0.2, 0.25) is 0 Å². The summed E-state index contributed by atoms with van der Waals surface area (Å²) in [4.78, 5) is 64.0. The van der Waals surface area contributed by atoms with Gasteiger partial charge in [-0.25, -0.2) is 4.79 Å². The van der Waals surface area contributed by atoms with Crippen LogP contribution in [0, 0.1) is 11.8 Å². The number of carbonyl (C=O) groups excluding carboxylic acids is 5. The van der Waals surface area contributed by atoms with Crippen molar-refractivity contribution in [3.8, 4) is 11.8 Å².